The number of hydrogen-bond acceptors (Lipinski definition) is 2. The number of fused-ring (bicyclic) bond motifs is 3. The van der Waals surface area contributed by atoms with Gasteiger partial charge in [0.25, 0.3) is 0 Å². The molecule has 4 atom stereocenters. The first-order valence-electron chi connectivity index (χ1n) is 5.36. The SMILES string of the molecule is Cl.Cl.NC1CN2CCCCC2C2CC12. The lowest BCUT2D eigenvalue weighted by atomic mass is 9.91. The van der Waals surface area contributed by atoms with Gasteiger partial charge in [-0.1, -0.05) is 6.42 Å². The van der Waals surface area contributed by atoms with Crippen molar-refractivity contribution < 1.29 is 0 Å². The van der Waals surface area contributed by atoms with Crippen LogP contribution in [0.2, 0.25) is 0 Å². The maximum absolute atomic E-state index is 6.09. The van der Waals surface area contributed by atoms with Crippen molar-refractivity contribution in [3.8, 4) is 0 Å². The van der Waals surface area contributed by atoms with Crippen LogP contribution in [0.15, 0.2) is 0 Å². The van der Waals surface area contributed by atoms with Gasteiger partial charge in [-0.15, -0.1) is 24.8 Å². The summed E-state index contributed by atoms with van der Waals surface area (Å²) in [5.41, 5.74) is 6.09. The molecule has 0 aromatic heterocycles. The quantitative estimate of drug-likeness (QED) is 0.696. The molecule has 0 spiro atoms. The minimum atomic E-state index is 0. The van der Waals surface area contributed by atoms with Gasteiger partial charge in [-0.25, -0.2) is 0 Å². The van der Waals surface area contributed by atoms with E-state index in [0.717, 1.165) is 17.9 Å². The largest absolute Gasteiger partial charge is 0.326 e. The van der Waals surface area contributed by atoms with Crippen LogP contribution in [0.1, 0.15) is 25.7 Å². The molecule has 4 unspecified atom stereocenters. The summed E-state index contributed by atoms with van der Waals surface area (Å²) in [5, 5.41) is 0. The molecule has 1 aliphatic carbocycles. The lowest BCUT2D eigenvalue weighted by Crippen LogP contribution is -2.52. The van der Waals surface area contributed by atoms with Crippen LogP contribution in [0.3, 0.4) is 0 Å². The van der Waals surface area contributed by atoms with Gasteiger partial charge in [-0.3, -0.25) is 4.90 Å². The number of halogens is 2. The molecule has 2 N–H and O–H groups in total. The molecule has 3 aliphatic rings. The van der Waals surface area contributed by atoms with E-state index in [9.17, 15) is 0 Å². The first-order chi connectivity index (χ1) is 5.86. The summed E-state index contributed by atoms with van der Waals surface area (Å²) in [6.07, 6.45) is 5.75. The van der Waals surface area contributed by atoms with Crippen LogP contribution in [-0.4, -0.2) is 30.1 Å². The fraction of sp³-hybridized carbons (Fsp3) is 1.00. The Morgan fingerprint density at radius 3 is 2.64 bits per heavy atom. The summed E-state index contributed by atoms with van der Waals surface area (Å²) >= 11 is 0. The van der Waals surface area contributed by atoms with Gasteiger partial charge in [0.1, 0.15) is 0 Å². The number of rotatable bonds is 0. The van der Waals surface area contributed by atoms with Crippen LogP contribution in [-0.2, 0) is 0 Å². The van der Waals surface area contributed by atoms with Crippen LogP contribution in [0.5, 0.6) is 0 Å². The summed E-state index contributed by atoms with van der Waals surface area (Å²) in [6, 6.07) is 1.44. The fourth-order valence-electron chi connectivity index (χ4n) is 3.30. The Morgan fingerprint density at radius 2 is 1.86 bits per heavy atom. The lowest BCUT2D eigenvalue weighted by Gasteiger charge is -2.41. The average molecular weight is 239 g/mol. The molecule has 2 aliphatic heterocycles. The molecule has 2 saturated heterocycles. The molecule has 1 saturated carbocycles. The monoisotopic (exact) mass is 238 g/mol. The maximum atomic E-state index is 6.09. The summed E-state index contributed by atoms with van der Waals surface area (Å²) in [5.74, 6) is 1.90. The molecule has 0 radical (unpaired) electrons. The maximum Gasteiger partial charge on any atom is 0.0199 e. The average Bonchev–Trinajstić information content (AvgIpc) is 2.84. The van der Waals surface area contributed by atoms with Crippen molar-refractivity contribution in [1.82, 2.24) is 4.90 Å². The molecule has 0 bridgehead atoms. The van der Waals surface area contributed by atoms with Crippen LogP contribution in [0, 0.1) is 11.8 Å². The van der Waals surface area contributed by atoms with Gasteiger partial charge in [0, 0.05) is 18.6 Å². The predicted octanol–water partition coefficient (Wildman–Crippen LogP) is 1.66. The Kier molecular flexibility index (Phi) is 4.10. The fourth-order valence-corrected chi connectivity index (χ4v) is 3.30. The van der Waals surface area contributed by atoms with Gasteiger partial charge in [-0.05, 0) is 37.6 Å². The lowest BCUT2D eigenvalue weighted by molar-refractivity contribution is 0.0878. The van der Waals surface area contributed by atoms with E-state index in [2.05, 4.69) is 4.90 Å². The topological polar surface area (TPSA) is 29.3 Å². The van der Waals surface area contributed by atoms with Crippen molar-refractivity contribution in [2.24, 2.45) is 17.6 Å². The van der Waals surface area contributed by atoms with Crippen LogP contribution >= 0.6 is 24.8 Å². The Bertz CT molecular complexity index is 201. The molecular formula is C10H20Cl2N2. The van der Waals surface area contributed by atoms with Gasteiger partial charge in [-0.2, -0.15) is 0 Å². The van der Waals surface area contributed by atoms with E-state index in [-0.39, 0.29) is 24.8 Å². The Balaban J connectivity index is 0.000000490. The zero-order chi connectivity index (χ0) is 8.13. The molecule has 0 aromatic rings. The summed E-state index contributed by atoms with van der Waals surface area (Å²) in [6.45, 7) is 2.51. The minimum absolute atomic E-state index is 0. The highest BCUT2D eigenvalue weighted by Crippen LogP contribution is 2.50. The second-order valence-corrected chi connectivity index (χ2v) is 4.79. The third kappa shape index (κ3) is 1.90. The van der Waals surface area contributed by atoms with Crippen LogP contribution < -0.4 is 5.73 Å². The van der Waals surface area contributed by atoms with Crippen LogP contribution in [0.25, 0.3) is 0 Å². The second kappa shape index (κ2) is 4.56. The standard InChI is InChI=1S/C10H18N2.2ClH/c11-9-6-12-4-2-1-3-10(12)8-5-7(8)9;;/h7-10H,1-6,11H2;2*1H. The molecule has 84 valence electrons. The van der Waals surface area contributed by atoms with E-state index >= 15 is 0 Å². The summed E-state index contributed by atoms with van der Waals surface area (Å²) in [4.78, 5) is 2.66. The Labute approximate surface area is 98.4 Å². The Hall–Kier alpha value is 0.500. The molecule has 3 rings (SSSR count). The van der Waals surface area contributed by atoms with Gasteiger partial charge in [0.15, 0.2) is 0 Å². The van der Waals surface area contributed by atoms with Crippen molar-refractivity contribution in [1.29, 1.82) is 0 Å². The van der Waals surface area contributed by atoms with Gasteiger partial charge >= 0.3 is 0 Å². The number of hydrogen-bond donors (Lipinski definition) is 1. The van der Waals surface area contributed by atoms with Crippen molar-refractivity contribution in [2.45, 2.75) is 37.8 Å². The van der Waals surface area contributed by atoms with Crippen LogP contribution in [0.4, 0.5) is 0 Å². The highest BCUT2D eigenvalue weighted by atomic mass is 35.5. The predicted molar refractivity (Wildman–Crippen MR) is 63.3 cm³/mol. The number of piperidine rings is 2. The molecule has 0 aromatic carbocycles. The molecule has 0 amide bonds. The van der Waals surface area contributed by atoms with Crippen molar-refractivity contribution in [3.05, 3.63) is 0 Å². The zero-order valence-corrected chi connectivity index (χ0v) is 10.0. The van der Waals surface area contributed by atoms with E-state index in [4.69, 9.17) is 5.73 Å². The smallest absolute Gasteiger partial charge is 0.0199 e. The van der Waals surface area contributed by atoms with Crippen molar-refractivity contribution in [3.63, 3.8) is 0 Å². The molecular weight excluding hydrogens is 219 g/mol. The van der Waals surface area contributed by atoms with E-state index in [1.165, 1.54) is 38.8 Å². The number of nitrogens with zero attached hydrogens (tertiary/aromatic N) is 1. The summed E-state index contributed by atoms with van der Waals surface area (Å²) < 4.78 is 0. The van der Waals surface area contributed by atoms with Gasteiger partial charge in [0.2, 0.25) is 0 Å². The first kappa shape index (κ1) is 12.6. The molecule has 4 heteroatoms. The van der Waals surface area contributed by atoms with Gasteiger partial charge < -0.3 is 5.73 Å². The van der Waals surface area contributed by atoms with E-state index in [0.29, 0.717) is 6.04 Å². The van der Waals surface area contributed by atoms with Crippen molar-refractivity contribution in [2.75, 3.05) is 13.1 Å². The summed E-state index contributed by atoms with van der Waals surface area (Å²) in [7, 11) is 0. The third-order valence-corrected chi connectivity index (χ3v) is 4.04. The van der Waals surface area contributed by atoms with E-state index < -0.39 is 0 Å². The van der Waals surface area contributed by atoms with Gasteiger partial charge in [0.05, 0.1) is 0 Å². The third-order valence-electron chi connectivity index (χ3n) is 4.04. The normalized spacial score (nSPS) is 45.2. The molecule has 3 fully saturated rings. The van der Waals surface area contributed by atoms with E-state index in [1.54, 1.807) is 0 Å². The van der Waals surface area contributed by atoms with Crippen molar-refractivity contribution >= 4 is 24.8 Å². The highest BCUT2D eigenvalue weighted by Gasteiger charge is 2.52. The zero-order valence-electron chi connectivity index (χ0n) is 8.39. The number of nitrogens with two attached hydrogens (primary N) is 1. The Morgan fingerprint density at radius 1 is 1.07 bits per heavy atom. The molecule has 2 heterocycles. The minimum Gasteiger partial charge on any atom is -0.326 e. The van der Waals surface area contributed by atoms with E-state index in [1.807, 2.05) is 0 Å². The highest BCUT2D eigenvalue weighted by molar-refractivity contribution is 5.85. The second-order valence-electron chi connectivity index (χ2n) is 4.79. The first-order valence-corrected chi connectivity index (χ1v) is 5.36. The molecule has 2 nitrogen and oxygen atoms in total. The molecule has 14 heavy (non-hydrogen) atoms.